The summed E-state index contributed by atoms with van der Waals surface area (Å²) in [6, 6.07) is 10.6. The van der Waals surface area contributed by atoms with Gasteiger partial charge in [-0.1, -0.05) is 25.3 Å². The van der Waals surface area contributed by atoms with E-state index in [4.69, 9.17) is 4.74 Å². The molecule has 0 unspecified atom stereocenters. The van der Waals surface area contributed by atoms with Gasteiger partial charge in [-0.2, -0.15) is 12.7 Å². The van der Waals surface area contributed by atoms with Gasteiger partial charge in [0.15, 0.2) is 6.29 Å². The van der Waals surface area contributed by atoms with Gasteiger partial charge in [-0.05, 0) is 54.7 Å². The predicted molar refractivity (Wildman–Crippen MR) is 132 cm³/mol. The fourth-order valence-corrected chi connectivity index (χ4v) is 5.18. The minimum absolute atomic E-state index is 0.228. The lowest BCUT2D eigenvalue weighted by atomic mass is 9.81. The maximum atomic E-state index is 12.7. The number of nitrogens with zero attached hydrogens (tertiary/aromatic N) is 1. The number of hydrogen-bond acceptors (Lipinski definition) is 5. The Bertz CT molecular complexity index is 1340. The van der Waals surface area contributed by atoms with Crippen LogP contribution < -0.4 is 9.46 Å². The van der Waals surface area contributed by atoms with Crippen molar-refractivity contribution in [2.45, 2.75) is 38.0 Å². The Morgan fingerprint density at radius 2 is 1.85 bits per heavy atom. The lowest BCUT2D eigenvalue weighted by Gasteiger charge is -2.23. The van der Waals surface area contributed by atoms with Crippen molar-refractivity contribution >= 4 is 33.3 Å². The van der Waals surface area contributed by atoms with Gasteiger partial charge in [0, 0.05) is 41.7 Å². The van der Waals surface area contributed by atoms with Crippen LogP contribution in [0.25, 0.3) is 22.2 Å². The summed E-state index contributed by atoms with van der Waals surface area (Å²) in [4.78, 5) is 28.0. The zero-order chi connectivity index (χ0) is 24.5. The number of ether oxygens (including phenoxy) is 1. The number of aldehydes is 1. The van der Waals surface area contributed by atoms with Gasteiger partial charge in [0.2, 0.25) is 0 Å². The van der Waals surface area contributed by atoms with E-state index in [1.807, 2.05) is 18.2 Å². The number of carbonyl (C=O) groups excluding carboxylic acids is 2. The SMILES string of the molecule is COc1ccc(-c2[nH]c3cc(C(=O)NS(=O)(=O)N(C)C)ccc3c2C2CCCCC2)c(C=O)c1. The molecule has 9 heteroatoms. The first-order chi connectivity index (χ1) is 16.2. The molecule has 34 heavy (non-hydrogen) atoms. The van der Waals surface area contributed by atoms with Crippen LogP contribution in [0.1, 0.15) is 64.3 Å². The second kappa shape index (κ2) is 9.60. The molecule has 180 valence electrons. The molecule has 1 aliphatic rings. The number of aromatic nitrogens is 1. The van der Waals surface area contributed by atoms with Gasteiger partial charge in [0.1, 0.15) is 5.75 Å². The standard InChI is InChI=1S/C25H29N3O5S/c1-28(2)34(31,32)27-25(30)17-9-11-21-22(14-17)26-24(23(21)16-7-5-4-6-8-16)20-12-10-19(33-3)13-18(20)15-29/h9-16,26H,4-8H2,1-3H3,(H,27,30). The van der Waals surface area contributed by atoms with Crippen LogP contribution in [-0.4, -0.2) is 51.1 Å². The number of methoxy groups -OCH3 is 1. The fraction of sp³-hybridized carbons (Fsp3) is 0.360. The molecular weight excluding hydrogens is 454 g/mol. The van der Waals surface area contributed by atoms with Crippen LogP contribution in [0.2, 0.25) is 0 Å². The zero-order valence-electron chi connectivity index (χ0n) is 19.6. The first-order valence-corrected chi connectivity index (χ1v) is 12.7. The minimum Gasteiger partial charge on any atom is -0.497 e. The molecule has 1 heterocycles. The lowest BCUT2D eigenvalue weighted by Crippen LogP contribution is -2.39. The molecule has 0 bridgehead atoms. The number of fused-ring (bicyclic) bond motifs is 1. The second-order valence-corrected chi connectivity index (χ2v) is 10.7. The number of nitrogens with one attached hydrogen (secondary N) is 2. The molecule has 1 amide bonds. The number of benzene rings is 2. The van der Waals surface area contributed by atoms with Crippen LogP contribution >= 0.6 is 0 Å². The van der Waals surface area contributed by atoms with Crippen LogP contribution in [0.3, 0.4) is 0 Å². The highest BCUT2D eigenvalue weighted by atomic mass is 32.2. The molecule has 1 saturated carbocycles. The number of hydrogen-bond donors (Lipinski definition) is 2. The summed E-state index contributed by atoms with van der Waals surface area (Å²) >= 11 is 0. The van der Waals surface area contributed by atoms with E-state index in [0.717, 1.165) is 64.0 Å². The van der Waals surface area contributed by atoms with Gasteiger partial charge in [-0.25, -0.2) is 4.72 Å². The second-order valence-electron chi connectivity index (χ2n) is 8.80. The fourth-order valence-electron chi connectivity index (χ4n) is 4.65. The third kappa shape index (κ3) is 4.58. The average molecular weight is 484 g/mol. The van der Waals surface area contributed by atoms with Gasteiger partial charge < -0.3 is 9.72 Å². The van der Waals surface area contributed by atoms with Crippen LogP contribution in [0.4, 0.5) is 0 Å². The molecule has 0 saturated heterocycles. The summed E-state index contributed by atoms with van der Waals surface area (Å²) in [5.41, 5.74) is 4.22. The maximum Gasteiger partial charge on any atom is 0.303 e. The molecule has 4 rings (SSSR count). The number of amides is 1. The molecule has 1 fully saturated rings. The van der Waals surface area contributed by atoms with Gasteiger partial charge in [0.25, 0.3) is 5.91 Å². The summed E-state index contributed by atoms with van der Waals surface area (Å²) in [6.45, 7) is 0. The van der Waals surface area contributed by atoms with Crippen molar-refractivity contribution in [3.8, 4) is 17.0 Å². The normalized spacial score (nSPS) is 14.9. The van der Waals surface area contributed by atoms with E-state index in [1.54, 1.807) is 25.3 Å². The Morgan fingerprint density at radius 1 is 1.12 bits per heavy atom. The first kappa shape index (κ1) is 24.0. The van der Waals surface area contributed by atoms with Gasteiger partial charge in [-0.15, -0.1) is 0 Å². The van der Waals surface area contributed by atoms with E-state index >= 15 is 0 Å². The Labute approximate surface area is 199 Å². The number of aromatic amines is 1. The summed E-state index contributed by atoms with van der Waals surface area (Å²) in [6.07, 6.45) is 6.41. The topological polar surface area (TPSA) is 109 Å². The van der Waals surface area contributed by atoms with Crippen molar-refractivity contribution in [3.05, 3.63) is 53.1 Å². The third-order valence-electron chi connectivity index (χ3n) is 6.47. The largest absolute Gasteiger partial charge is 0.497 e. The lowest BCUT2D eigenvalue weighted by molar-refractivity contribution is 0.0979. The van der Waals surface area contributed by atoms with E-state index in [1.165, 1.54) is 20.5 Å². The van der Waals surface area contributed by atoms with Crippen molar-refractivity contribution in [2.75, 3.05) is 21.2 Å². The molecule has 0 aliphatic heterocycles. The molecule has 2 aromatic carbocycles. The van der Waals surface area contributed by atoms with Crippen LogP contribution in [0, 0.1) is 0 Å². The van der Waals surface area contributed by atoms with Gasteiger partial charge in [0.05, 0.1) is 12.8 Å². The highest BCUT2D eigenvalue weighted by Gasteiger charge is 2.26. The highest BCUT2D eigenvalue weighted by molar-refractivity contribution is 7.87. The van der Waals surface area contributed by atoms with Crippen LogP contribution in [0.15, 0.2) is 36.4 Å². The monoisotopic (exact) mass is 483 g/mol. The molecular formula is C25H29N3O5S. The molecule has 1 aliphatic carbocycles. The van der Waals surface area contributed by atoms with E-state index in [9.17, 15) is 18.0 Å². The van der Waals surface area contributed by atoms with E-state index in [-0.39, 0.29) is 5.56 Å². The molecule has 0 radical (unpaired) electrons. The Kier molecular flexibility index (Phi) is 6.77. The number of rotatable bonds is 7. The van der Waals surface area contributed by atoms with Crippen molar-refractivity contribution in [3.63, 3.8) is 0 Å². The summed E-state index contributed by atoms with van der Waals surface area (Å²) in [7, 11) is 0.360. The van der Waals surface area contributed by atoms with Crippen molar-refractivity contribution in [2.24, 2.45) is 0 Å². The van der Waals surface area contributed by atoms with Gasteiger partial charge in [-0.3, -0.25) is 9.59 Å². The molecule has 0 atom stereocenters. The third-order valence-corrected chi connectivity index (χ3v) is 7.88. The summed E-state index contributed by atoms with van der Waals surface area (Å²) < 4.78 is 32.5. The Morgan fingerprint density at radius 3 is 2.50 bits per heavy atom. The maximum absolute atomic E-state index is 12.7. The van der Waals surface area contributed by atoms with E-state index in [2.05, 4.69) is 9.71 Å². The van der Waals surface area contributed by atoms with Crippen molar-refractivity contribution in [1.82, 2.24) is 14.0 Å². The van der Waals surface area contributed by atoms with Crippen molar-refractivity contribution < 1.29 is 22.7 Å². The highest BCUT2D eigenvalue weighted by Crippen LogP contribution is 2.43. The number of carbonyl (C=O) groups is 2. The molecule has 0 spiro atoms. The molecule has 8 nitrogen and oxygen atoms in total. The van der Waals surface area contributed by atoms with Crippen molar-refractivity contribution in [1.29, 1.82) is 0 Å². The Hall–Kier alpha value is -3.17. The van der Waals surface area contributed by atoms with Crippen LogP contribution in [0.5, 0.6) is 5.75 Å². The quantitative estimate of drug-likeness (QED) is 0.489. The van der Waals surface area contributed by atoms with E-state index < -0.39 is 16.1 Å². The summed E-state index contributed by atoms with van der Waals surface area (Å²) in [5.74, 6) is 0.221. The molecule has 2 N–H and O–H groups in total. The average Bonchev–Trinajstić information content (AvgIpc) is 3.22. The first-order valence-electron chi connectivity index (χ1n) is 11.3. The van der Waals surface area contributed by atoms with Crippen LogP contribution in [-0.2, 0) is 10.2 Å². The van der Waals surface area contributed by atoms with E-state index in [0.29, 0.717) is 17.2 Å². The minimum atomic E-state index is -3.90. The summed E-state index contributed by atoms with van der Waals surface area (Å²) in [5, 5.41) is 0.974. The number of H-pyrrole nitrogens is 1. The molecule has 3 aromatic rings. The van der Waals surface area contributed by atoms with Gasteiger partial charge >= 0.3 is 10.2 Å². The smallest absolute Gasteiger partial charge is 0.303 e. The zero-order valence-corrected chi connectivity index (χ0v) is 20.4. The molecule has 1 aromatic heterocycles. The predicted octanol–water partition coefficient (Wildman–Crippen LogP) is 4.24. The Balaban J connectivity index is 1.85.